The smallest absolute Gasteiger partial charge is 0.246 e. The van der Waals surface area contributed by atoms with Gasteiger partial charge in [-0.15, -0.1) is 0 Å². The summed E-state index contributed by atoms with van der Waals surface area (Å²) < 4.78 is 5.72. The van der Waals surface area contributed by atoms with Crippen molar-refractivity contribution in [2.45, 2.75) is 72.1 Å². The van der Waals surface area contributed by atoms with Gasteiger partial charge in [0.1, 0.15) is 11.6 Å². The van der Waals surface area contributed by atoms with Crippen LogP contribution in [0.1, 0.15) is 54.9 Å². The van der Waals surface area contributed by atoms with Crippen molar-refractivity contribution in [1.82, 2.24) is 10.2 Å². The zero-order chi connectivity index (χ0) is 16.4. The molecule has 5 heteroatoms. The van der Waals surface area contributed by atoms with Gasteiger partial charge in [0, 0.05) is 6.54 Å². The van der Waals surface area contributed by atoms with Crippen LogP contribution in [0.3, 0.4) is 0 Å². The van der Waals surface area contributed by atoms with E-state index in [-0.39, 0.29) is 23.3 Å². The van der Waals surface area contributed by atoms with E-state index in [1.165, 1.54) is 0 Å². The van der Waals surface area contributed by atoms with Crippen molar-refractivity contribution < 1.29 is 14.3 Å². The third-order valence-electron chi connectivity index (χ3n) is 4.11. The molecule has 0 aromatic rings. The monoisotopic (exact) mass is 298 g/mol. The summed E-state index contributed by atoms with van der Waals surface area (Å²) in [4.78, 5) is 26.8. The molecular weight excluding hydrogens is 268 g/mol. The third kappa shape index (κ3) is 3.96. The van der Waals surface area contributed by atoms with Gasteiger partial charge in [-0.05, 0) is 40.0 Å². The van der Waals surface area contributed by atoms with Crippen molar-refractivity contribution in [1.29, 1.82) is 0 Å². The summed E-state index contributed by atoms with van der Waals surface area (Å²) in [6.07, 6.45) is 0.588. The summed E-state index contributed by atoms with van der Waals surface area (Å²) in [6, 6.07) is -0.438. The highest BCUT2D eigenvalue weighted by molar-refractivity contribution is 5.99. The van der Waals surface area contributed by atoms with Gasteiger partial charge < -0.3 is 15.0 Å². The van der Waals surface area contributed by atoms with Crippen LogP contribution < -0.4 is 5.32 Å². The molecule has 0 aromatic carbocycles. The lowest BCUT2D eigenvalue weighted by Crippen LogP contribution is -2.70. The largest absolute Gasteiger partial charge is 0.374 e. The number of nitrogens with zero attached hydrogens (tertiary/aromatic N) is 1. The van der Waals surface area contributed by atoms with Crippen LogP contribution >= 0.6 is 0 Å². The molecule has 2 unspecified atom stereocenters. The van der Waals surface area contributed by atoms with E-state index >= 15 is 0 Å². The second-order valence-electron chi connectivity index (χ2n) is 7.27. The molecular formula is C16H30N2O3. The van der Waals surface area contributed by atoms with E-state index in [9.17, 15) is 9.59 Å². The van der Waals surface area contributed by atoms with Gasteiger partial charge in [0.15, 0.2) is 0 Å². The van der Waals surface area contributed by atoms with E-state index in [0.29, 0.717) is 19.6 Å². The van der Waals surface area contributed by atoms with E-state index < -0.39 is 11.6 Å². The second-order valence-corrected chi connectivity index (χ2v) is 7.27. The van der Waals surface area contributed by atoms with E-state index in [2.05, 4.69) is 5.32 Å². The number of hydrogen-bond acceptors (Lipinski definition) is 3. The van der Waals surface area contributed by atoms with Crippen LogP contribution in [0.4, 0.5) is 0 Å². The molecule has 1 aliphatic heterocycles. The Morgan fingerprint density at radius 1 is 1.33 bits per heavy atom. The molecule has 2 amide bonds. The molecule has 5 nitrogen and oxygen atoms in total. The first-order valence-electron chi connectivity index (χ1n) is 7.79. The van der Waals surface area contributed by atoms with E-state index in [1.807, 2.05) is 48.5 Å². The molecule has 21 heavy (non-hydrogen) atoms. The van der Waals surface area contributed by atoms with Crippen molar-refractivity contribution in [3.63, 3.8) is 0 Å². The van der Waals surface area contributed by atoms with Crippen molar-refractivity contribution in [3.05, 3.63) is 0 Å². The number of nitrogens with one attached hydrogen (secondary N) is 1. The van der Waals surface area contributed by atoms with Crippen LogP contribution in [0.25, 0.3) is 0 Å². The van der Waals surface area contributed by atoms with Gasteiger partial charge in [-0.2, -0.15) is 0 Å². The van der Waals surface area contributed by atoms with Gasteiger partial charge in [-0.3, -0.25) is 9.59 Å². The molecule has 0 bridgehead atoms. The Kier molecular flexibility index (Phi) is 5.42. The molecule has 1 aliphatic rings. The van der Waals surface area contributed by atoms with Crippen LogP contribution in [0.15, 0.2) is 0 Å². The molecule has 1 saturated heterocycles. The number of rotatable bonds is 5. The first-order chi connectivity index (χ1) is 9.53. The van der Waals surface area contributed by atoms with Crippen LogP contribution in [-0.2, 0) is 14.3 Å². The summed E-state index contributed by atoms with van der Waals surface area (Å²) in [5.41, 5.74) is -1.04. The van der Waals surface area contributed by atoms with Gasteiger partial charge in [-0.1, -0.05) is 20.8 Å². The highest BCUT2D eigenvalue weighted by Gasteiger charge is 2.48. The van der Waals surface area contributed by atoms with Crippen molar-refractivity contribution >= 4 is 11.8 Å². The predicted octanol–water partition coefficient (Wildman–Crippen LogP) is 1.95. The standard InChI is InChI=1S/C16H30N2O3/c1-8-16(7)14(20)17-12(11(2)3)13(19)18(16)9-10-21-15(4,5)6/h11-12H,8-10H2,1-7H3,(H,17,20). The van der Waals surface area contributed by atoms with Gasteiger partial charge >= 0.3 is 0 Å². The number of carbonyl (C=O) groups excluding carboxylic acids is 2. The fraction of sp³-hybridized carbons (Fsp3) is 0.875. The quantitative estimate of drug-likeness (QED) is 0.844. The third-order valence-corrected chi connectivity index (χ3v) is 4.11. The summed E-state index contributed by atoms with van der Waals surface area (Å²) in [7, 11) is 0. The van der Waals surface area contributed by atoms with Crippen molar-refractivity contribution in [2.75, 3.05) is 13.2 Å². The Bertz CT molecular complexity index is 401. The van der Waals surface area contributed by atoms with E-state index in [4.69, 9.17) is 4.74 Å². The lowest BCUT2D eigenvalue weighted by Gasteiger charge is -2.47. The minimum absolute atomic E-state index is 0.00791. The van der Waals surface area contributed by atoms with Crippen LogP contribution in [-0.4, -0.2) is 47.0 Å². The topological polar surface area (TPSA) is 58.6 Å². The molecule has 0 aliphatic carbocycles. The van der Waals surface area contributed by atoms with Gasteiger partial charge in [0.2, 0.25) is 11.8 Å². The highest BCUT2D eigenvalue weighted by Crippen LogP contribution is 2.27. The summed E-state index contributed by atoms with van der Waals surface area (Å²) >= 11 is 0. The Hall–Kier alpha value is -1.10. The van der Waals surface area contributed by atoms with Gasteiger partial charge in [0.25, 0.3) is 0 Å². The normalized spacial score (nSPS) is 27.2. The summed E-state index contributed by atoms with van der Waals surface area (Å²) in [5.74, 6) is -0.000548. The number of piperazine rings is 1. The molecule has 1 fully saturated rings. The lowest BCUT2D eigenvalue weighted by atomic mass is 9.88. The first kappa shape index (κ1) is 18.0. The molecule has 0 aromatic heterocycles. The zero-order valence-corrected chi connectivity index (χ0v) is 14.4. The zero-order valence-electron chi connectivity index (χ0n) is 14.4. The Labute approximate surface area is 128 Å². The number of carbonyl (C=O) groups is 2. The van der Waals surface area contributed by atoms with Crippen LogP contribution in [0.2, 0.25) is 0 Å². The average Bonchev–Trinajstić information content (AvgIpc) is 2.36. The van der Waals surface area contributed by atoms with Crippen LogP contribution in [0.5, 0.6) is 0 Å². The minimum atomic E-state index is -0.788. The molecule has 1 heterocycles. The Morgan fingerprint density at radius 3 is 2.33 bits per heavy atom. The molecule has 0 spiro atoms. The SMILES string of the molecule is CCC1(C)C(=O)NC(C(C)C)C(=O)N1CCOC(C)(C)C. The van der Waals surface area contributed by atoms with Gasteiger partial charge in [-0.25, -0.2) is 0 Å². The summed E-state index contributed by atoms with van der Waals surface area (Å²) in [5, 5.41) is 2.87. The fourth-order valence-electron chi connectivity index (χ4n) is 2.50. The molecule has 1 rings (SSSR count). The maximum Gasteiger partial charge on any atom is 0.246 e. The number of hydrogen-bond donors (Lipinski definition) is 1. The number of ether oxygens (including phenoxy) is 1. The maximum absolute atomic E-state index is 12.7. The molecule has 1 N–H and O–H groups in total. The summed E-state index contributed by atoms with van der Waals surface area (Å²) in [6.45, 7) is 14.5. The number of amides is 2. The predicted molar refractivity (Wildman–Crippen MR) is 82.9 cm³/mol. The van der Waals surface area contributed by atoms with Gasteiger partial charge in [0.05, 0.1) is 12.2 Å². The Morgan fingerprint density at radius 2 is 1.90 bits per heavy atom. The fourth-order valence-corrected chi connectivity index (χ4v) is 2.50. The minimum Gasteiger partial charge on any atom is -0.374 e. The molecule has 0 radical (unpaired) electrons. The van der Waals surface area contributed by atoms with E-state index in [0.717, 1.165) is 0 Å². The van der Waals surface area contributed by atoms with Crippen molar-refractivity contribution in [2.24, 2.45) is 5.92 Å². The lowest BCUT2D eigenvalue weighted by molar-refractivity contribution is -0.159. The molecule has 122 valence electrons. The van der Waals surface area contributed by atoms with E-state index in [1.54, 1.807) is 4.90 Å². The van der Waals surface area contributed by atoms with Crippen molar-refractivity contribution in [3.8, 4) is 0 Å². The Balaban J connectivity index is 2.91. The van der Waals surface area contributed by atoms with Crippen LogP contribution in [0, 0.1) is 5.92 Å². The maximum atomic E-state index is 12.7. The first-order valence-corrected chi connectivity index (χ1v) is 7.79. The highest BCUT2D eigenvalue weighted by atomic mass is 16.5. The molecule has 2 atom stereocenters. The second kappa shape index (κ2) is 6.34. The molecule has 0 saturated carbocycles. The average molecular weight is 298 g/mol.